The van der Waals surface area contributed by atoms with Gasteiger partial charge in [0, 0.05) is 20.0 Å². The minimum Gasteiger partial charge on any atom is -0.396 e. The number of aromatic nitrogens is 1. The summed E-state index contributed by atoms with van der Waals surface area (Å²) in [4.78, 5) is 1.28. The second-order valence-electron chi connectivity index (χ2n) is 2.93. The largest absolute Gasteiger partial charge is 0.396 e. The molecule has 0 radical (unpaired) electrons. The molecule has 0 saturated heterocycles. The molecular weight excluding hydrogens is 182 g/mol. The van der Waals surface area contributed by atoms with Gasteiger partial charge in [-0.05, 0) is 13.0 Å². The maximum atomic E-state index is 8.81. The number of nitrogens with zero attached hydrogens (tertiary/aromatic N) is 1. The first-order valence-electron chi connectivity index (χ1n) is 4.48. The third-order valence-electron chi connectivity index (χ3n) is 2.03. The van der Waals surface area contributed by atoms with Crippen molar-refractivity contribution in [2.75, 3.05) is 6.61 Å². The number of allylic oxidation sites excluding steroid dienone is 2. The standard InChI is InChI=1S/C10H16NOS/c1-3-4-6-11-8-13-10(5-7-12)9(11)2/h3-4,8,12H,5-7H2,1-2H3/q+1/b4-3+. The van der Waals surface area contributed by atoms with Gasteiger partial charge in [0.1, 0.15) is 0 Å². The van der Waals surface area contributed by atoms with Crippen LogP contribution in [-0.4, -0.2) is 11.7 Å². The first-order chi connectivity index (χ1) is 6.29. The van der Waals surface area contributed by atoms with Crippen LogP contribution in [0.5, 0.6) is 0 Å². The smallest absolute Gasteiger partial charge is 0.225 e. The van der Waals surface area contributed by atoms with Gasteiger partial charge in [-0.25, -0.2) is 0 Å². The van der Waals surface area contributed by atoms with Gasteiger partial charge in [0.2, 0.25) is 5.51 Å². The van der Waals surface area contributed by atoms with E-state index in [1.807, 2.05) is 6.92 Å². The van der Waals surface area contributed by atoms with Gasteiger partial charge in [0.15, 0.2) is 12.2 Å². The van der Waals surface area contributed by atoms with Crippen LogP contribution in [0, 0.1) is 6.92 Å². The molecule has 0 saturated carbocycles. The molecule has 0 amide bonds. The molecule has 0 spiro atoms. The summed E-state index contributed by atoms with van der Waals surface area (Å²) in [7, 11) is 0. The van der Waals surface area contributed by atoms with E-state index in [4.69, 9.17) is 5.11 Å². The Morgan fingerprint density at radius 2 is 2.38 bits per heavy atom. The zero-order chi connectivity index (χ0) is 9.68. The quantitative estimate of drug-likeness (QED) is 0.575. The molecule has 1 N–H and O–H groups in total. The van der Waals surface area contributed by atoms with Crippen molar-refractivity contribution in [2.24, 2.45) is 0 Å². The lowest BCUT2D eigenvalue weighted by Crippen LogP contribution is -2.33. The highest BCUT2D eigenvalue weighted by Gasteiger charge is 2.12. The van der Waals surface area contributed by atoms with Crippen molar-refractivity contribution in [2.45, 2.75) is 26.8 Å². The zero-order valence-corrected chi connectivity index (χ0v) is 8.97. The maximum Gasteiger partial charge on any atom is 0.225 e. The number of rotatable bonds is 4. The molecule has 0 bridgehead atoms. The van der Waals surface area contributed by atoms with Crippen LogP contribution in [0.2, 0.25) is 0 Å². The van der Waals surface area contributed by atoms with E-state index < -0.39 is 0 Å². The molecular formula is C10H16NOS+. The lowest BCUT2D eigenvalue weighted by Gasteiger charge is -1.91. The first kappa shape index (κ1) is 10.4. The summed E-state index contributed by atoms with van der Waals surface area (Å²) >= 11 is 1.72. The molecule has 0 aliphatic rings. The van der Waals surface area contributed by atoms with Crippen molar-refractivity contribution in [1.82, 2.24) is 0 Å². The lowest BCUT2D eigenvalue weighted by molar-refractivity contribution is -0.688. The normalized spacial score (nSPS) is 11.3. The Balaban J connectivity index is 2.73. The number of aliphatic hydroxyl groups is 1. The second-order valence-corrected chi connectivity index (χ2v) is 3.87. The predicted octanol–water partition coefficient (Wildman–Crippen LogP) is 1.45. The summed E-state index contributed by atoms with van der Waals surface area (Å²) in [5.74, 6) is 0. The number of thiazole rings is 1. The van der Waals surface area contributed by atoms with E-state index in [1.165, 1.54) is 10.6 Å². The van der Waals surface area contributed by atoms with Crippen LogP contribution in [0.3, 0.4) is 0 Å². The molecule has 1 aromatic heterocycles. The van der Waals surface area contributed by atoms with Crippen molar-refractivity contribution in [3.63, 3.8) is 0 Å². The Bertz CT molecular complexity index is 291. The Morgan fingerprint density at radius 3 is 3.00 bits per heavy atom. The van der Waals surface area contributed by atoms with Gasteiger partial charge >= 0.3 is 0 Å². The second kappa shape index (κ2) is 5.14. The molecule has 0 aliphatic heterocycles. The summed E-state index contributed by atoms with van der Waals surface area (Å²) in [6.07, 6.45) is 4.96. The SMILES string of the molecule is C/C=C/C[n+]1csc(CCO)c1C. The third-order valence-corrected chi connectivity index (χ3v) is 3.18. The van der Waals surface area contributed by atoms with Crippen LogP contribution in [0.4, 0.5) is 0 Å². The summed E-state index contributed by atoms with van der Waals surface area (Å²) in [5, 5.41) is 8.81. The van der Waals surface area contributed by atoms with Crippen LogP contribution < -0.4 is 4.57 Å². The fourth-order valence-electron chi connectivity index (χ4n) is 1.19. The highest BCUT2D eigenvalue weighted by atomic mass is 32.1. The third kappa shape index (κ3) is 2.64. The Hall–Kier alpha value is -0.670. The van der Waals surface area contributed by atoms with Crippen molar-refractivity contribution in [1.29, 1.82) is 0 Å². The van der Waals surface area contributed by atoms with Gasteiger partial charge in [-0.3, -0.25) is 0 Å². The van der Waals surface area contributed by atoms with Crippen LogP contribution in [0.15, 0.2) is 17.7 Å². The molecule has 1 aromatic rings. The average Bonchev–Trinajstić information content (AvgIpc) is 2.46. The molecule has 13 heavy (non-hydrogen) atoms. The van der Waals surface area contributed by atoms with Crippen LogP contribution in [-0.2, 0) is 13.0 Å². The van der Waals surface area contributed by atoms with Crippen LogP contribution >= 0.6 is 11.3 Å². The fraction of sp³-hybridized carbons (Fsp3) is 0.500. The van der Waals surface area contributed by atoms with E-state index in [9.17, 15) is 0 Å². The van der Waals surface area contributed by atoms with Crippen molar-refractivity contribution >= 4 is 11.3 Å². The van der Waals surface area contributed by atoms with E-state index in [0.717, 1.165) is 13.0 Å². The van der Waals surface area contributed by atoms with E-state index in [1.54, 1.807) is 11.3 Å². The van der Waals surface area contributed by atoms with E-state index in [0.29, 0.717) is 0 Å². The van der Waals surface area contributed by atoms with E-state index in [2.05, 4.69) is 29.2 Å². The van der Waals surface area contributed by atoms with Gasteiger partial charge in [-0.15, -0.1) is 0 Å². The van der Waals surface area contributed by atoms with Crippen molar-refractivity contribution in [3.05, 3.63) is 28.2 Å². The molecule has 0 aliphatic carbocycles. The Labute approximate surface area is 83.2 Å². The molecule has 72 valence electrons. The monoisotopic (exact) mass is 198 g/mol. The molecule has 1 heterocycles. The van der Waals surface area contributed by atoms with Crippen molar-refractivity contribution < 1.29 is 9.67 Å². The minimum absolute atomic E-state index is 0.241. The first-order valence-corrected chi connectivity index (χ1v) is 5.36. The average molecular weight is 198 g/mol. The highest BCUT2D eigenvalue weighted by molar-refractivity contribution is 7.09. The molecule has 0 atom stereocenters. The molecule has 0 aromatic carbocycles. The maximum absolute atomic E-state index is 8.81. The molecule has 2 nitrogen and oxygen atoms in total. The summed E-state index contributed by atoms with van der Waals surface area (Å²) in [5.41, 5.74) is 3.39. The number of hydrogen-bond donors (Lipinski definition) is 1. The molecule has 3 heteroatoms. The minimum atomic E-state index is 0.241. The number of hydrogen-bond acceptors (Lipinski definition) is 2. The summed E-state index contributed by atoms with van der Waals surface area (Å²) in [6, 6.07) is 0. The topological polar surface area (TPSA) is 24.1 Å². The number of aliphatic hydroxyl groups excluding tert-OH is 1. The van der Waals surface area contributed by atoms with E-state index >= 15 is 0 Å². The highest BCUT2D eigenvalue weighted by Crippen LogP contribution is 2.10. The lowest BCUT2D eigenvalue weighted by atomic mass is 10.3. The van der Waals surface area contributed by atoms with Crippen LogP contribution in [0.1, 0.15) is 17.5 Å². The van der Waals surface area contributed by atoms with Crippen molar-refractivity contribution in [3.8, 4) is 0 Å². The fourth-order valence-corrected chi connectivity index (χ4v) is 2.19. The van der Waals surface area contributed by atoms with Gasteiger partial charge < -0.3 is 5.11 Å². The predicted molar refractivity (Wildman–Crippen MR) is 54.9 cm³/mol. The summed E-state index contributed by atoms with van der Waals surface area (Å²) < 4.78 is 2.20. The van der Waals surface area contributed by atoms with Crippen LogP contribution in [0.25, 0.3) is 0 Å². The molecule has 0 fully saturated rings. The Morgan fingerprint density at radius 1 is 1.62 bits per heavy atom. The van der Waals surface area contributed by atoms with Gasteiger partial charge in [0.25, 0.3) is 0 Å². The van der Waals surface area contributed by atoms with Gasteiger partial charge in [-0.1, -0.05) is 17.4 Å². The summed E-state index contributed by atoms with van der Waals surface area (Å²) in [6.45, 7) is 5.30. The Kier molecular flexibility index (Phi) is 4.12. The molecule has 1 rings (SSSR count). The zero-order valence-electron chi connectivity index (χ0n) is 8.16. The van der Waals surface area contributed by atoms with E-state index in [-0.39, 0.29) is 6.61 Å². The van der Waals surface area contributed by atoms with Gasteiger partial charge in [-0.2, -0.15) is 4.57 Å². The van der Waals surface area contributed by atoms with Gasteiger partial charge in [0.05, 0.1) is 4.88 Å². The molecule has 0 unspecified atom stereocenters.